The van der Waals surface area contributed by atoms with Gasteiger partial charge in [0.05, 0.1) is 0 Å². The molecule has 1 aliphatic rings. The van der Waals surface area contributed by atoms with Crippen LogP contribution in [0.5, 0.6) is 0 Å². The Morgan fingerprint density at radius 1 is 1.06 bits per heavy atom. The number of ether oxygens (including phenoxy) is 3. The Kier molecular flexibility index (Phi) is 11.3. The van der Waals surface area contributed by atoms with Crippen LogP contribution in [0, 0.1) is 18.7 Å². The van der Waals surface area contributed by atoms with Crippen LogP contribution in [0.2, 0.25) is 0 Å². The van der Waals surface area contributed by atoms with Gasteiger partial charge < -0.3 is 19.9 Å². The molecule has 2 rings (SSSR count). The first kappa shape index (κ1) is 28.7. The number of anilines is 1. The van der Waals surface area contributed by atoms with E-state index in [1.807, 2.05) is 6.92 Å². The fourth-order valence-corrected chi connectivity index (χ4v) is 2.05. The van der Waals surface area contributed by atoms with Crippen LogP contribution in [0.1, 0.15) is 54.9 Å². The number of nitrogens with two attached hydrogens (primary N) is 1. The standard InChI is InChI=1S/C15H26N2O5.C6H6FN.C2H2/c1-10-8-9-16-11(20-10)17(12(18)21-14(2,3)4)13(19)22-15(5,6)7;7-5-1-3-6(8)4-2-5;1-2/h10H,8-9H2,1-7H3;1-4H,8H2;1-2H/t10-;;/m1../s1. The van der Waals surface area contributed by atoms with Gasteiger partial charge in [0.25, 0.3) is 0 Å². The molecule has 2 N–H and O–H groups in total. The fraction of sp³-hybridized carbons (Fsp3) is 0.522. The fourth-order valence-electron chi connectivity index (χ4n) is 2.05. The number of halogens is 1. The van der Waals surface area contributed by atoms with Gasteiger partial charge >= 0.3 is 18.2 Å². The Bertz CT molecular complexity index is 744. The van der Waals surface area contributed by atoms with E-state index < -0.39 is 23.4 Å². The highest BCUT2D eigenvalue weighted by Crippen LogP contribution is 2.18. The maximum atomic E-state index is 12.3. The molecule has 0 unspecified atom stereocenters. The summed E-state index contributed by atoms with van der Waals surface area (Å²) in [4.78, 5) is 29.5. The molecular weight excluding hydrogens is 417 g/mol. The lowest BCUT2D eigenvalue weighted by molar-refractivity contribution is 0.00725. The van der Waals surface area contributed by atoms with Gasteiger partial charge in [-0.25, -0.2) is 19.0 Å². The summed E-state index contributed by atoms with van der Waals surface area (Å²) < 4.78 is 28.0. The van der Waals surface area contributed by atoms with Crippen LogP contribution < -0.4 is 5.73 Å². The Labute approximate surface area is 189 Å². The number of imide groups is 1. The summed E-state index contributed by atoms with van der Waals surface area (Å²) >= 11 is 0. The van der Waals surface area contributed by atoms with Gasteiger partial charge in [0.15, 0.2) is 0 Å². The smallest absolute Gasteiger partial charge is 0.428 e. The van der Waals surface area contributed by atoms with E-state index in [1.165, 1.54) is 24.3 Å². The first-order valence-electron chi connectivity index (χ1n) is 9.99. The molecule has 1 aliphatic heterocycles. The van der Waals surface area contributed by atoms with E-state index in [9.17, 15) is 14.0 Å². The van der Waals surface area contributed by atoms with Gasteiger partial charge in [0.1, 0.15) is 23.1 Å². The number of rotatable bonds is 0. The molecule has 1 aromatic rings. The van der Waals surface area contributed by atoms with Crippen LogP contribution in [0.4, 0.5) is 19.7 Å². The van der Waals surface area contributed by atoms with Crippen molar-refractivity contribution in [3.63, 3.8) is 0 Å². The summed E-state index contributed by atoms with van der Waals surface area (Å²) in [6.45, 7) is 12.6. The number of nitrogen functional groups attached to an aromatic ring is 1. The minimum absolute atomic E-state index is 0.0813. The number of amides is 2. The average molecular weight is 452 g/mol. The van der Waals surface area contributed by atoms with Gasteiger partial charge in [-0.05, 0) is 72.7 Å². The second kappa shape index (κ2) is 12.5. The van der Waals surface area contributed by atoms with Crippen molar-refractivity contribution in [1.29, 1.82) is 0 Å². The molecule has 0 spiro atoms. The zero-order valence-corrected chi connectivity index (χ0v) is 19.8. The Hall–Kier alpha value is -3.28. The van der Waals surface area contributed by atoms with Crippen LogP contribution in [0.25, 0.3) is 0 Å². The number of terminal acetylenes is 1. The van der Waals surface area contributed by atoms with Crippen molar-refractivity contribution in [3.8, 4) is 12.8 Å². The molecule has 1 aromatic carbocycles. The van der Waals surface area contributed by atoms with E-state index >= 15 is 0 Å². The van der Waals surface area contributed by atoms with E-state index in [1.54, 1.807) is 41.5 Å². The van der Waals surface area contributed by atoms with Crippen molar-refractivity contribution in [3.05, 3.63) is 30.1 Å². The summed E-state index contributed by atoms with van der Waals surface area (Å²) in [7, 11) is 0. The van der Waals surface area contributed by atoms with Crippen LogP contribution in [0.3, 0.4) is 0 Å². The molecule has 0 fully saturated rings. The molecule has 0 saturated heterocycles. The molecule has 32 heavy (non-hydrogen) atoms. The van der Waals surface area contributed by atoms with Gasteiger partial charge in [0.2, 0.25) is 0 Å². The third-order valence-corrected chi connectivity index (χ3v) is 3.30. The van der Waals surface area contributed by atoms with Gasteiger partial charge in [0, 0.05) is 18.7 Å². The number of carbonyl (C=O) groups is 2. The highest BCUT2D eigenvalue weighted by atomic mass is 19.1. The Morgan fingerprint density at radius 2 is 1.50 bits per heavy atom. The van der Waals surface area contributed by atoms with Crippen LogP contribution in [-0.2, 0) is 14.2 Å². The lowest BCUT2D eigenvalue weighted by Gasteiger charge is -2.30. The van der Waals surface area contributed by atoms with Crippen molar-refractivity contribution < 1.29 is 28.2 Å². The lowest BCUT2D eigenvalue weighted by Crippen LogP contribution is -2.49. The largest absolute Gasteiger partial charge is 0.461 e. The molecule has 0 aromatic heterocycles. The normalized spacial score (nSPS) is 15.3. The number of carbonyl (C=O) groups excluding carboxylic acids is 2. The van der Waals surface area contributed by atoms with Crippen molar-refractivity contribution in [2.24, 2.45) is 4.99 Å². The third-order valence-electron chi connectivity index (χ3n) is 3.30. The summed E-state index contributed by atoms with van der Waals surface area (Å²) in [6, 6.07) is 5.62. The van der Waals surface area contributed by atoms with E-state index in [2.05, 4.69) is 17.8 Å². The van der Waals surface area contributed by atoms with Gasteiger partial charge in [-0.2, -0.15) is 0 Å². The highest BCUT2D eigenvalue weighted by Gasteiger charge is 2.37. The van der Waals surface area contributed by atoms with E-state index in [4.69, 9.17) is 19.9 Å². The number of nitrogens with zero attached hydrogens (tertiary/aromatic N) is 2. The van der Waals surface area contributed by atoms with E-state index in [0.29, 0.717) is 17.1 Å². The molecule has 0 saturated carbocycles. The second-order valence-corrected chi connectivity index (χ2v) is 8.73. The predicted octanol–water partition coefficient (Wildman–Crippen LogP) is 4.98. The first-order valence-corrected chi connectivity index (χ1v) is 9.99. The first-order chi connectivity index (χ1) is 14.7. The van der Waals surface area contributed by atoms with Crippen molar-refractivity contribution >= 4 is 23.9 Å². The SMILES string of the molecule is C#C.C[C@@H]1CCN=C(N(C(=O)OC(C)(C)C)C(=O)OC(C)(C)C)O1.Nc1ccc(F)cc1. The minimum atomic E-state index is -0.866. The lowest BCUT2D eigenvalue weighted by atomic mass is 10.2. The molecule has 0 aliphatic carbocycles. The van der Waals surface area contributed by atoms with Gasteiger partial charge in [-0.1, -0.05) is 0 Å². The van der Waals surface area contributed by atoms with E-state index in [-0.39, 0.29) is 17.9 Å². The molecule has 9 heteroatoms. The maximum absolute atomic E-state index is 12.3. The molecular formula is C23H34FN3O5. The maximum Gasteiger partial charge on any atom is 0.428 e. The molecule has 0 bridgehead atoms. The molecule has 0 radical (unpaired) electrons. The molecule has 1 atom stereocenters. The molecule has 1 heterocycles. The van der Waals surface area contributed by atoms with Gasteiger partial charge in [-0.15, -0.1) is 17.7 Å². The Morgan fingerprint density at radius 3 is 1.84 bits per heavy atom. The highest BCUT2D eigenvalue weighted by molar-refractivity contribution is 6.06. The number of amidine groups is 1. The summed E-state index contributed by atoms with van der Waals surface area (Å²) in [5.41, 5.74) is 4.35. The Balaban J connectivity index is 0.000000796. The molecule has 8 nitrogen and oxygen atoms in total. The molecule has 178 valence electrons. The van der Waals surface area contributed by atoms with Gasteiger partial charge in [-0.3, -0.25) is 0 Å². The zero-order valence-electron chi connectivity index (χ0n) is 19.8. The number of hydrogen-bond donors (Lipinski definition) is 1. The second-order valence-electron chi connectivity index (χ2n) is 8.73. The minimum Gasteiger partial charge on any atom is -0.461 e. The monoisotopic (exact) mass is 451 g/mol. The number of aliphatic imine (C=N–C) groups is 1. The zero-order chi connectivity index (χ0) is 25.1. The van der Waals surface area contributed by atoms with Crippen molar-refractivity contribution in [2.75, 3.05) is 12.3 Å². The quantitative estimate of drug-likeness (QED) is 0.441. The number of benzene rings is 1. The topological polar surface area (TPSA) is 103 Å². The van der Waals surface area contributed by atoms with Crippen molar-refractivity contribution in [1.82, 2.24) is 4.90 Å². The summed E-state index contributed by atoms with van der Waals surface area (Å²) in [5, 5.41) is 0. The van der Waals surface area contributed by atoms with Crippen LogP contribution >= 0.6 is 0 Å². The third kappa shape index (κ3) is 11.8. The number of hydrogen-bond acceptors (Lipinski definition) is 7. The molecule has 2 amide bonds. The van der Waals surface area contributed by atoms with Crippen LogP contribution in [0.15, 0.2) is 29.3 Å². The average Bonchev–Trinajstić information content (AvgIpc) is 2.63. The predicted molar refractivity (Wildman–Crippen MR) is 122 cm³/mol. The van der Waals surface area contributed by atoms with Crippen molar-refractivity contribution in [2.45, 2.75) is 72.2 Å². The van der Waals surface area contributed by atoms with E-state index in [0.717, 1.165) is 6.42 Å². The summed E-state index contributed by atoms with van der Waals surface area (Å²) in [6.07, 6.45) is 6.85. The summed E-state index contributed by atoms with van der Waals surface area (Å²) in [5.74, 6) is -0.251. The van der Waals surface area contributed by atoms with Crippen LogP contribution in [-0.4, -0.2) is 47.0 Å².